The van der Waals surface area contributed by atoms with E-state index in [-0.39, 0.29) is 22.5 Å². The Hall–Kier alpha value is -3.61. The highest BCUT2D eigenvalue weighted by Gasteiger charge is 2.18. The number of fused-ring (bicyclic) bond motifs is 1. The van der Waals surface area contributed by atoms with Crippen LogP contribution in [0.25, 0.3) is 11.0 Å². The van der Waals surface area contributed by atoms with E-state index < -0.39 is 11.4 Å². The lowest BCUT2D eigenvalue weighted by molar-refractivity contribution is -0.134. The van der Waals surface area contributed by atoms with Crippen LogP contribution in [0.2, 0.25) is 0 Å². The van der Waals surface area contributed by atoms with Gasteiger partial charge in [0, 0.05) is 12.5 Å². The van der Waals surface area contributed by atoms with E-state index in [2.05, 4.69) is 13.8 Å². The van der Waals surface area contributed by atoms with Gasteiger partial charge in [-0.25, -0.2) is 4.79 Å². The SMILES string of the molecule is CCCCCCCCCCOc1ccc(OC(=O)c2coc3cc(OC(=O)CCCCCCCCC)ccc3c2=O)cc1. The molecule has 0 N–H and O–H groups in total. The fourth-order valence-corrected chi connectivity index (χ4v) is 4.91. The van der Waals surface area contributed by atoms with Crippen LogP contribution in [0.4, 0.5) is 0 Å². The van der Waals surface area contributed by atoms with Crippen LogP contribution in [-0.2, 0) is 4.79 Å². The molecule has 3 aromatic rings. The van der Waals surface area contributed by atoms with Crippen molar-refractivity contribution in [2.75, 3.05) is 6.61 Å². The van der Waals surface area contributed by atoms with Gasteiger partial charge in [0.15, 0.2) is 0 Å². The number of hydrogen-bond acceptors (Lipinski definition) is 7. The first kappa shape index (κ1) is 33.9. The van der Waals surface area contributed by atoms with E-state index in [0.29, 0.717) is 30.3 Å². The van der Waals surface area contributed by atoms with Crippen molar-refractivity contribution < 1.29 is 28.2 Å². The van der Waals surface area contributed by atoms with Crippen LogP contribution in [0.15, 0.2) is 57.9 Å². The molecule has 1 heterocycles. The van der Waals surface area contributed by atoms with E-state index in [9.17, 15) is 14.4 Å². The predicted molar refractivity (Wildman–Crippen MR) is 170 cm³/mol. The summed E-state index contributed by atoms with van der Waals surface area (Å²) < 4.78 is 22.2. The number of esters is 2. The zero-order valence-electron chi connectivity index (χ0n) is 26.0. The highest BCUT2D eigenvalue weighted by atomic mass is 16.5. The van der Waals surface area contributed by atoms with Gasteiger partial charge in [0.25, 0.3) is 0 Å². The maximum absolute atomic E-state index is 13.0. The second kappa shape index (κ2) is 19.6. The Morgan fingerprint density at radius 3 is 1.86 bits per heavy atom. The van der Waals surface area contributed by atoms with E-state index in [0.717, 1.165) is 38.4 Å². The molecule has 3 rings (SSSR count). The highest BCUT2D eigenvalue weighted by Crippen LogP contribution is 2.22. The minimum absolute atomic E-state index is 0.200. The average molecular weight is 593 g/mol. The van der Waals surface area contributed by atoms with E-state index in [1.54, 1.807) is 24.3 Å². The van der Waals surface area contributed by atoms with Crippen LogP contribution in [0, 0.1) is 0 Å². The van der Waals surface area contributed by atoms with Crippen LogP contribution in [0.1, 0.15) is 127 Å². The standard InChI is InChI=1S/C36H48O7/c1-3-5-7-9-11-13-15-17-25-40-28-19-21-29(22-20-28)43-36(39)32-27-41-33-26-30(23-24-31(33)35(32)38)42-34(37)18-16-14-12-10-8-6-4-2/h19-24,26-27H,3-18,25H2,1-2H3. The first-order valence-corrected chi connectivity index (χ1v) is 16.2. The maximum Gasteiger partial charge on any atom is 0.350 e. The predicted octanol–water partition coefficient (Wildman–Crippen LogP) is 9.58. The van der Waals surface area contributed by atoms with Crippen molar-refractivity contribution in [3.05, 3.63) is 64.5 Å². The number of hydrogen-bond donors (Lipinski definition) is 0. The molecule has 43 heavy (non-hydrogen) atoms. The molecule has 2 aromatic carbocycles. The smallest absolute Gasteiger partial charge is 0.350 e. The Labute approximate surface area is 255 Å². The van der Waals surface area contributed by atoms with Gasteiger partial charge >= 0.3 is 11.9 Å². The Morgan fingerprint density at radius 1 is 0.651 bits per heavy atom. The molecule has 0 saturated carbocycles. The summed E-state index contributed by atoms with van der Waals surface area (Å²) in [7, 11) is 0. The lowest BCUT2D eigenvalue weighted by atomic mass is 10.1. The number of carbonyl (C=O) groups is 2. The second-order valence-corrected chi connectivity index (χ2v) is 11.2. The van der Waals surface area contributed by atoms with E-state index in [4.69, 9.17) is 18.6 Å². The Bertz CT molecular complexity index is 1310. The Morgan fingerprint density at radius 2 is 1.21 bits per heavy atom. The van der Waals surface area contributed by atoms with Crippen molar-refractivity contribution in [2.24, 2.45) is 0 Å². The number of rotatable bonds is 21. The van der Waals surface area contributed by atoms with Crippen molar-refractivity contribution in [1.29, 1.82) is 0 Å². The molecule has 0 spiro atoms. The molecular formula is C36H48O7. The van der Waals surface area contributed by atoms with Gasteiger partial charge < -0.3 is 18.6 Å². The Kier molecular flexibility index (Phi) is 15.4. The van der Waals surface area contributed by atoms with Gasteiger partial charge in [-0.05, 0) is 49.2 Å². The summed E-state index contributed by atoms with van der Waals surface area (Å²) in [5, 5.41) is 0.200. The molecular weight excluding hydrogens is 544 g/mol. The molecule has 0 amide bonds. The van der Waals surface area contributed by atoms with Gasteiger partial charge in [-0.2, -0.15) is 0 Å². The molecule has 7 nitrogen and oxygen atoms in total. The van der Waals surface area contributed by atoms with Gasteiger partial charge in [0.1, 0.15) is 34.7 Å². The number of carbonyl (C=O) groups excluding carboxylic acids is 2. The van der Waals surface area contributed by atoms with Crippen LogP contribution in [0.5, 0.6) is 17.2 Å². The Balaban J connectivity index is 1.44. The molecule has 0 aliphatic rings. The maximum atomic E-state index is 13.0. The van der Waals surface area contributed by atoms with Gasteiger partial charge in [-0.1, -0.05) is 97.3 Å². The summed E-state index contributed by atoms with van der Waals surface area (Å²) in [5.41, 5.74) is -0.510. The van der Waals surface area contributed by atoms with Gasteiger partial charge in [-0.3, -0.25) is 9.59 Å². The minimum Gasteiger partial charge on any atom is -0.494 e. The zero-order valence-corrected chi connectivity index (χ0v) is 26.0. The van der Waals surface area contributed by atoms with Crippen LogP contribution in [-0.4, -0.2) is 18.5 Å². The minimum atomic E-state index is -0.812. The summed E-state index contributed by atoms with van der Waals surface area (Å²) in [6.07, 6.45) is 19.2. The molecule has 234 valence electrons. The fourth-order valence-electron chi connectivity index (χ4n) is 4.91. The molecule has 0 aliphatic heterocycles. The van der Waals surface area contributed by atoms with Crippen molar-refractivity contribution >= 4 is 22.9 Å². The summed E-state index contributed by atoms with van der Waals surface area (Å²) in [4.78, 5) is 38.0. The molecule has 0 fully saturated rings. The topological polar surface area (TPSA) is 92.0 Å². The quantitative estimate of drug-likeness (QED) is 0.0691. The van der Waals surface area contributed by atoms with Crippen molar-refractivity contribution in [2.45, 2.75) is 117 Å². The largest absolute Gasteiger partial charge is 0.494 e. The van der Waals surface area contributed by atoms with E-state index in [1.165, 1.54) is 82.4 Å². The van der Waals surface area contributed by atoms with Crippen LogP contribution >= 0.6 is 0 Å². The molecule has 0 unspecified atom stereocenters. The molecule has 0 bridgehead atoms. The van der Waals surface area contributed by atoms with Crippen molar-refractivity contribution in [1.82, 2.24) is 0 Å². The van der Waals surface area contributed by atoms with E-state index >= 15 is 0 Å². The van der Waals surface area contributed by atoms with Gasteiger partial charge in [0.05, 0.1) is 12.0 Å². The first-order chi connectivity index (χ1) is 21.0. The highest BCUT2D eigenvalue weighted by molar-refractivity contribution is 5.94. The molecule has 0 aliphatic carbocycles. The first-order valence-electron chi connectivity index (χ1n) is 16.2. The zero-order chi connectivity index (χ0) is 30.7. The third-order valence-electron chi connectivity index (χ3n) is 7.48. The van der Waals surface area contributed by atoms with Gasteiger partial charge in [-0.15, -0.1) is 0 Å². The molecule has 7 heteroatoms. The fraction of sp³-hybridized carbons (Fsp3) is 0.528. The third-order valence-corrected chi connectivity index (χ3v) is 7.48. The number of ether oxygens (including phenoxy) is 3. The monoisotopic (exact) mass is 592 g/mol. The molecule has 1 aromatic heterocycles. The lowest BCUT2D eigenvalue weighted by Crippen LogP contribution is -2.19. The second-order valence-electron chi connectivity index (χ2n) is 11.2. The lowest BCUT2D eigenvalue weighted by Gasteiger charge is -2.08. The van der Waals surface area contributed by atoms with E-state index in [1.807, 2.05) is 0 Å². The molecule has 0 radical (unpaired) electrons. The summed E-state index contributed by atoms with van der Waals surface area (Å²) in [6.45, 7) is 5.07. The van der Waals surface area contributed by atoms with Gasteiger partial charge in [0.2, 0.25) is 5.43 Å². The number of unbranched alkanes of at least 4 members (excludes halogenated alkanes) is 13. The van der Waals surface area contributed by atoms with Crippen molar-refractivity contribution in [3.8, 4) is 17.2 Å². The number of benzene rings is 2. The normalized spacial score (nSPS) is 11.0. The molecule has 0 atom stereocenters. The summed E-state index contributed by atoms with van der Waals surface area (Å²) in [6, 6.07) is 11.3. The average Bonchev–Trinajstić information content (AvgIpc) is 3.00. The van der Waals surface area contributed by atoms with Crippen molar-refractivity contribution in [3.63, 3.8) is 0 Å². The third kappa shape index (κ3) is 12.3. The summed E-state index contributed by atoms with van der Waals surface area (Å²) >= 11 is 0. The van der Waals surface area contributed by atoms with Crippen LogP contribution in [0.3, 0.4) is 0 Å². The summed E-state index contributed by atoms with van der Waals surface area (Å²) in [5.74, 6) is 0.163. The molecule has 0 saturated heterocycles. The van der Waals surface area contributed by atoms with Crippen LogP contribution < -0.4 is 19.6 Å².